The Labute approximate surface area is 194 Å². The van der Waals surface area contributed by atoms with Gasteiger partial charge in [-0.05, 0) is 42.1 Å². The van der Waals surface area contributed by atoms with E-state index in [1.54, 1.807) is 20.1 Å². The first-order valence-corrected chi connectivity index (χ1v) is 13.4. The van der Waals surface area contributed by atoms with E-state index >= 15 is 0 Å². The highest BCUT2D eigenvalue weighted by Gasteiger charge is 2.38. The van der Waals surface area contributed by atoms with Crippen molar-refractivity contribution in [3.63, 3.8) is 0 Å². The second kappa shape index (κ2) is 8.51. The van der Waals surface area contributed by atoms with Crippen molar-refractivity contribution in [2.45, 2.75) is 38.8 Å². The minimum Gasteiger partial charge on any atom is -0.634 e. The number of sulfone groups is 1. The number of nitrogens with one attached hydrogen (secondary N) is 2. The maximum Gasteiger partial charge on any atom is 0.177 e. The summed E-state index contributed by atoms with van der Waals surface area (Å²) in [6.45, 7) is 4.98. The number of quaternary nitrogens is 1. The van der Waals surface area contributed by atoms with Gasteiger partial charge in [-0.1, -0.05) is 38.2 Å². The van der Waals surface area contributed by atoms with Crippen LogP contribution in [0.3, 0.4) is 0 Å². The molecule has 7 nitrogen and oxygen atoms in total. The summed E-state index contributed by atoms with van der Waals surface area (Å²) in [7, 11) is -1.67. The van der Waals surface area contributed by atoms with Crippen molar-refractivity contribution in [1.82, 2.24) is 4.98 Å². The van der Waals surface area contributed by atoms with Gasteiger partial charge < -0.3 is 20.0 Å². The molecule has 4 aliphatic rings. The maximum absolute atomic E-state index is 13.3. The molecule has 5 rings (SSSR count). The molecule has 33 heavy (non-hydrogen) atoms. The molecule has 2 heterocycles. The van der Waals surface area contributed by atoms with E-state index in [0.29, 0.717) is 30.3 Å². The Hall–Kier alpha value is -2.26. The fraction of sp³-hybridized carbons (Fsp3) is 0.480. The summed E-state index contributed by atoms with van der Waals surface area (Å²) < 4.78 is 31.1. The summed E-state index contributed by atoms with van der Waals surface area (Å²) in [5.74, 6) is 0.612. The van der Waals surface area contributed by atoms with Crippen LogP contribution in [0.25, 0.3) is 11.6 Å². The average molecular weight is 470 g/mol. The minimum atomic E-state index is -3.31. The van der Waals surface area contributed by atoms with E-state index in [-0.39, 0.29) is 16.7 Å². The summed E-state index contributed by atoms with van der Waals surface area (Å²) in [6.07, 6.45) is 12.9. The van der Waals surface area contributed by atoms with E-state index in [1.165, 1.54) is 0 Å². The number of hydrogen-bond acceptors (Lipinski definition) is 5. The molecule has 3 aliphatic carbocycles. The molecular weight excluding hydrogens is 438 g/mol. The van der Waals surface area contributed by atoms with Gasteiger partial charge in [0.1, 0.15) is 11.5 Å². The van der Waals surface area contributed by atoms with Gasteiger partial charge in [0, 0.05) is 30.4 Å². The van der Waals surface area contributed by atoms with Crippen LogP contribution >= 0.6 is 0 Å². The van der Waals surface area contributed by atoms with Gasteiger partial charge >= 0.3 is 0 Å². The average Bonchev–Trinajstić information content (AvgIpc) is 3.55. The molecule has 4 unspecified atom stereocenters. The Bertz CT molecular complexity index is 1310. The van der Waals surface area contributed by atoms with Crippen LogP contribution in [0, 0.1) is 17.0 Å². The van der Waals surface area contributed by atoms with Gasteiger partial charge in [0.15, 0.2) is 15.9 Å². The van der Waals surface area contributed by atoms with E-state index in [0.717, 1.165) is 39.5 Å². The van der Waals surface area contributed by atoms with Crippen LogP contribution in [-0.4, -0.2) is 45.4 Å². The van der Waals surface area contributed by atoms with Crippen LogP contribution in [0.15, 0.2) is 45.9 Å². The second-order valence-electron chi connectivity index (χ2n) is 9.36. The fourth-order valence-corrected chi connectivity index (χ4v) is 6.09. The number of nitrogens with zero attached hydrogens (tertiary/aromatic N) is 1. The van der Waals surface area contributed by atoms with Gasteiger partial charge in [0.2, 0.25) is 0 Å². The highest BCUT2D eigenvalue weighted by Crippen LogP contribution is 2.38. The van der Waals surface area contributed by atoms with Crippen molar-refractivity contribution in [3.8, 4) is 0 Å². The Morgan fingerprint density at radius 1 is 1.30 bits per heavy atom. The molecule has 176 valence electrons. The van der Waals surface area contributed by atoms with Crippen LogP contribution in [0.5, 0.6) is 0 Å². The molecule has 0 amide bonds. The first-order chi connectivity index (χ1) is 15.8. The predicted octanol–water partition coefficient (Wildman–Crippen LogP) is 1.13. The van der Waals surface area contributed by atoms with E-state index in [2.05, 4.69) is 18.0 Å². The number of H-pyrrole nitrogens is 1. The zero-order valence-corrected chi connectivity index (χ0v) is 20.1. The van der Waals surface area contributed by atoms with Crippen molar-refractivity contribution < 1.29 is 18.2 Å². The molecular formula is C25H31N3O4S. The van der Waals surface area contributed by atoms with Crippen molar-refractivity contribution in [1.29, 1.82) is 0 Å². The highest BCUT2D eigenvalue weighted by molar-refractivity contribution is 7.95. The standard InChI is InChI=1S/C25H31N3O4S/c1-4-33(30,31)18-7-5-6-17(11-18)19-12-21(28(29)14-16-8-9-16)24(32-3)23-22(19)20-10-15(2)13-26-25(20)27-23/h7-12,15-16,21,24,28H,4-6,13-14H2,1-3H3,(H,26,27). The first kappa shape index (κ1) is 22.5. The minimum absolute atomic E-state index is 0.0673. The monoisotopic (exact) mass is 469 g/mol. The van der Waals surface area contributed by atoms with Crippen LogP contribution in [0.1, 0.15) is 44.1 Å². The van der Waals surface area contributed by atoms with Gasteiger partial charge in [-0.2, -0.15) is 0 Å². The van der Waals surface area contributed by atoms with Gasteiger partial charge in [-0.15, -0.1) is 0 Å². The predicted molar refractivity (Wildman–Crippen MR) is 128 cm³/mol. The second-order valence-corrected chi connectivity index (χ2v) is 11.6. The third-order valence-corrected chi connectivity index (χ3v) is 8.71. The van der Waals surface area contributed by atoms with Crippen LogP contribution in [0.2, 0.25) is 0 Å². The Balaban J connectivity index is 1.68. The lowest BCUT2D eigenvalue weighted by Crippen LogP contribution is -3.12. The molecule has 0 radical (unpaired) electrons. The third-order valence-electron chi connectivity index (χ3n) is 6.95. The molecule has 2 N–H and O–H groups in total. The fourth-order valence-electron chi connectivity index (χ4n) is 5.06. The van der Waals surface area contributed by atoms with Crippen LogP contribution < -0.4 is 15.8 Å². The van der Waals surface area contributed by atoms with E-state index in [1.807, 2.05) is 24.3 Å². The van der Waals surface area contributed by atoms with E-state index in [4.69, 9.17) is 9.73 Å². The van der Waals surface area contributed by atoms with Crippen LogP contribution in [0.4, 0.5) is 0 Å². The molecule has 1 aromatic rings. The number of aromatic amines is 1. The smallest absolute Gasteiger partial charge is 0.177 e. The molecule has 4 atom stereocenters. The summed E-state index contributed by atoms with van der Waals surface area (Å²) in [6, 6.07) is -0.435. The molecule has 1 aromatic heterocycles. The van der Waals surface area contributed by atoms with Gasteiger partial charge in [0.25, 0.3) is 0 Å². The Morgan fingerprint density at radius 3 is 2.79 bits per heavy atom. The molecule has 0 saturated carbocycles. The normalized spacial score (nSPS) is 27.4. The van der Waals surface area contributed by atoms with Gasteiger partial charge in [-0.25, -0.2) is 8.42 Å². The molecule has 0 bridgehead atoms. The number of ether oxygens (including phenoxy) is 1. The summed E-state index contributed by atoms with van der Waals surface area (Å²) in [5, 5.41) is 14.4. The number of allylic oxidation sites excluding steroid dienone is 4. The molecule has 8 heteroatoms. The summed E-state index contributed by atoms with van der Waals surface area (Å²) in [5.41, 5.74) is 4.58. The highest BCUT2D eigenvalue weighted by atomic mass is 32.2. The van der Waals surface area contributed by atoms with Gasteiger partial charge in [-0.3, -0.25) is 4.99 Å². The molecule has 0 saturated heterocycles. The van der Waals surface area contributed by atoms with Gasteiger partial charge in [0.05, 0.1) is 22.9 Å². The number of rotatable bonds is 7. The third kappa shape index (κ3) is 4.10. The number of hydrogen-bond donors (Lipinski definition) is 2. The van der Waals surface area contributed by atoms with Crippen molar-refractivity contribution in [2.75, 3.05) is 26.0 Å². The molecule has 0 aromatic carbocycles. The molecule has 0 fully saturated rings. The molecule has 0 spiro atoms. The zero-order valence-electron chi connectivity index (χ0n) is 19.3. The van der Waals surface area contributed by atoms with Crippen molar-refractivity contribution >= 4 is 21.5 Å². The number of fused-ring (bicyclic) bond motifs is 3. The summed E-state index contributed by atoms with van der Waals surface area (Å²) >= 11 is 0. The lowest BCUT2D eigenvalue weighted by Gasteiger charge is -2.38. The number of methoxy groups -OCH3 is 1. The quantitative estimate of drug-likeness (QED) is 0.462. The van der Waals surface area contributed by atoms with Crippen LogP contribution in [-0.2, 0) is 14.6 Å². The molecule has 1 aliphatic heterocycles. The first-order valence-electron chi connectivity index (χ1n) is 11.7. The Morgan fingerprint density at radius 2 is 2.09 bits per heavy atom. The zero-order chi connectivity index (χ0) is 23.3. The largest absolute Gasteiger partial charge is 0.634 e. The Kier molecular flexibility index (Phi) is 5.81. The van der Waals surface area contributed by atoms with E-state index in [9.17, 15) is 13.6 Å². The summed E-state index contributed by atoms with van der Waals surface area (Å²) in [4.78, 5) is 8.57. The van der Waals surface area contributed by atoms with E-state index < -0.39 is 22.0 Å². The maximum atomic E-state index is 13.3. The SMILES string of the molecule is CCS(=O)(=O)C1=CCCC(C2=CC([NH+]([O-])CC3C=C3)C(OC)c3[nH]c4c(c32)=CC(C)CN=4)=C1. The lowest BCUT2D eigenvalue weighted by atomic mass is 9.83. The number of hydroxylamine groups is 2. The lowest BCUT2D eigenvalue weighted by molar-refractivity contribution is -0.874. The van der Waals surface area contributed by atoms with Crippen molar-refractivity contribution in [2.24, 2.45) is 16.8 Å². The number of aromatic nitrogens is 1. The van der Waals surface area contributed by atoms with Crippen molar-refractivity contribution in [3.05, 3.63) is 68.0 Å². The topological polar surface area (TPSA) is 99.0 Å².